The van der Waals surface area contributed by atoms with Gasteiger partial charge in [-0.3, -0.25) is 0 Å². The highest BCUT2D eigenvalue weighted by molar-refractivity contribution is 9.10. The minimum atomic E-state index is -0.165. The third-order valence-electron chi connectivity index (χ3n) is 3.48. The molecule has 0 bridgehead atoms. The average molecular weight is 300 g/mol. The summed E-state index contributed by atoms with van der Waals surface area (Å²) < 4.78 is 14.4. The van der Waals surface area contributed by atoms with E-state index in [4.69, 9.17) is 0 Å². The fourth-order valence-corrected chi connectivity index (χ4v) is 2.82. The van der Waals surface area contributed by atoms with Crippen molar-refractivity contribution in [1.29, 1.82) is 0 Å². The smallest absolute Gasteiger partial charge is 0.146 e. The van der Waals surface area contributed by atoms with Crippen LogP contribution in [0.2, 0.25) is 0 Å². The van der Waals surface area contributed by atoms with E-state index in [9.17, 15) is 4.39 Å². The van der Waals surface area contributed by atoms with E-state index in [1.54, 1.807) is 6.07 Å². The van der Waals surface area contributed by atoms with Gasteiger partial charge in [-0.05, 0) is 37.0 Å². The molecule has 1 aromatic carbocycles. The fraction of sp³-hybridized carbons (Fsp3) is 0.571. The number of hydrogen-bond acceptors (Lipinski definition) is 1. The quantitative estimate of drug-likeness (QED) is 0.777. The standard InChI is InChI=1S/C14H19BrFN/c15-12-7-8-13(16)14(9-12)17-10-11-5-3-1-2-4-6-11/h7-9,11,17H,1-6,10H2. The van der Waals surface area contributed by atoms with Crippen molar-refractivity contribution in [2.75, 3.05) is 11.9 Å². The maximum Gasteiger partial charge on any atom is 0.146 e. The summed E-state index contributed by atoms with van der Waals surface area (Å²) in [7, 11) is 0. The van der Waals surface area contributed by atoms with Crippen LogP contribution < -0.4 is 5.32 Å². The summed E-state index contributed by atoms with van der Waals surface area (Å²) in [6.45, 7) is 0.896. The number of halogens is 2. The van der Waals surface area contributed by atoms with Gasteiger partial charge in [-0.1, -0.05) is 41.6 Å². The third kappa shape index (κ3) is 3.98. The Morgan fingerprint density at radius 1 is 1.18 bits per heavy atom. The number of anilines is 1. The molecule has 0 amide bonds. The minimum absolute atomic E-state index is 0.165. The molecule has 0 heterocycles. The first kappa shape index (κ1) is 12.9. The SMILES string of the molecule is Fc1ccc(Br)cc1NCC1CCCCCC1. The zero-order chi connectivity index (χ0) is 12.1. The predicted molar refractivity (Wildman–Crippen MR) is 73.8 cm³/mol. The summed E-state index contributed by atoms with van der Waals surface area (Å²) in [5.41, 5.74) is 0.614. The molecule has 1 saturated carbocycles. The molecule has 1 aromatic rings. The predicted octanol–water partition coefficient (Wildman–Crippen LogP) is 4.97. The zero-order valence-electron chi connectivity index (χ0n) is 10.0. The first-order valence-corrected chi connectivity index (χ1v) is 7.24. The van der Waals surface area contributed by atoms with Crippen LogP contribution in [0.4, 0.5) is 10.1 Å². The van der Waals surface area contributed by atoms with E-state index < -0.39 is 0 Å². The van der Waals surface area contributed by atoms with Gasteiger partial charge in [-0.2, -0.15) is 0 Å². The second-order valence-electron chi connectivity index (χ2n) is 4.86. The van der Waals surface area contributed by atoms with Gasteiger partial charge in [0, 0.05) is 11.0 Å². The summed E-state index contributed by atoms with van der Waals surface area (Å²) >= 11 is 3.37. The van der Waals surface area contributed by atoms with Crippen LogP contribution in [0.3, 0.4) is 0 Å². The Morgan fingerprint density at radius 3 is 2.59 bits per heavy atom. The first-order chi connectivity index (χ1) is 8.25. The van der Waals surface area contributed by atoms with Gasteiger partial charge >= 0.3 is 0 Å². The van der Waals surface area contributed by atoms with Crippen molar-refractivity contribution in [2.24, 2.45) is 5.92 Å². The lowest BCUT2D eigenvalue weighted by Gasteiger charge is -2.16. The van der Waals surface area contributed by atoms with Crippen molar-refractivity contribution in [3.8, 4) is 0 Å². The molecule has 1 aliphatic carbocycles. The second-order valence-corrected chi connectivity index (χ2v) is 5.78. The van der Waals surface area contributed by atoms with Gasteiger partial charge in [0.1, 0.15) is 5.82 Å². The fourth-order valence-electron chi connectivity index (χ4n) is 2.46. The molecule has 1 N–H and O–H groups in total. The largest absolute Gasteiger partial charge is 0.382 e. The van der Waals surface area contributed by atoms with Gasteiger partial charge in [0.05, 0.1) is 5.69 Å². The van der Waals surface area contributed by atoms with E-state index in [-0.39, 0.29) is 5.82 Å². The highest BCUT2D eigenvalue weighted by Crippen LogP contribution is 2.25. The lowest BCUT2D eigenvalue weighted by Crippen LogP contribution is -2.14. The monoisotopic (exact) mass is 299 g/mol. The minimum Gasteiger partial charge on any atom is -0.382 e. The molecule has 1 nitrogen and oxygen atoms in total. The molecule has 0 radical (unpaired) electrons. The van der Waals surface area contributed by atoms with Crippen LogP contribution in [0, 0.1) is 11.7 Å². The van der Waals surface area contributed by atoms with Crippen LogP contribution in [0.15, 0.2) is 22.7 Å². The van der Waals surface area contributed by atoms with Crippen LogP contribution in [-0.4, -0.2) is 6.54 Å². The van der Waals surface area contributed by atoms with Gasteiger partial charge in [-0.15, -0.1) is 0 Å². The summed E-state index contributed by atoms with van der Waals surface area (Å²) in [5.74, 6) is 0.540. The van der Waals surface area contributed by atoms with Crippen molar-refractivity contribution < 1.29 is 4.39 Å². The van der Waals surface area contributed by atoms with E-state index >= 15 is 0 Å². The van der Waals surface area contributed by atoms with Gasteiger partial charge in [0.2, 0.25) is 0 Å². The van der Waals surface area contributed by atoms with Gasteiger partial charge in [0.25, 0.3) is 0 Å². The van der Waals surface area contributed by atoms with E-state index in [2.05, 4.69) is 21.2 Å². The Bertz CT molecular complexity index is 359. The summed E-state index contributed by atoms with van der Waals surface area (Å²) in [6, 6.07) is 5.04. The highest BCUT2D eigenvalue weighted by atomic mass is 79.9. The molecular weight excluding hydrogens is 281 g/mol. The van der Waals surface area contributed by atoms with Gasteiger partial charge in [0.15, 0.2) is 0 Å². The average Bonchev–Trinajstić information content (AvgIpc) is 2.59. The van der Waals surface area contributed by atoms with Gasteiger partial charge in [-0.25, -0.2) is 4.39 Å². The molecule has 1 aliphatic rings. The molecule has 0 saturated heterocycles. The Balaban J connectivity index is 1.89. The molecule has 3 heteroatoms. The van der Waals surface area contributed by atoms with Crippen molar-refractivity contribution in [2.45, 2.75) is 38.5 Å². The van der Waals surface area contributed by atoms with E-state index in [1.165, 1.54) is 44.6 Å². The van der Waals surface area contributed by atoms with Crippen molar-refractivity contribution in [1.82, 2.24) is 0 Å². The Labute approximate surface area is 111 Å². The normalized spacial score (nSPS) is 17.8. The molecule has 0 spiro atoms. The molecule has 1 fully saturated rings. The van der Waals surface area contributed by atoms with Gasteiger partial charge < -0.3 is 5.32 Å². The Hall–Kier alpha value is -0.570. The lowest BCUT2D eigenvalue weighted by atomic mass is 10.0. The molecule has 0 atom stereocenters. The third-order valence-corrected chi connectivity index (χ3v) is 3.98. The number of hydrogen-bond donors (Lipinski definition) is 1. The molecule has 17 heavy (non-hydrogen) atoms. The molecule has 0 aliphatic heterocycles. The highest BCUT2D eigenvalue weighted by Gasteiger charge is 2.12. The lowest BCUT2D eigenvalue weighted by molar-refractivity contribution is 0.482. The van der Waals surface area contributed by atoms with Crippen molar-refractivity contribution in [3.63, 3.8) is 0 Å². The van der Waals surface area contributed by atoms with E-state index in [0.29, 0.717) is 11.6 Å². The number of nitrogens with one attached hydrogen (secondary N) is 1. The molecule has 0 aromatic heterocycles. The van der Waals surface area contributed by atoms with Crippen LogP contribution in [0.5, 0.6) is 0 Å². The van der Waals surface area contributed by atoms with E-state index in [0.717, 1.165) is 11.0 Å². The van der Waals surface area contributed by atoms with Crippen LogP contribution in [0.1, 0.15) is 38.5 Å². The number of rotatable bonds is 3. The molecular formula is C14H19BrFN. The maximum absolute atomic E-state index is 13.5. The molecule has 2 rings (SSSR count). The first-order valence-electron chi connectivity index (χ1n) is 6.44. The summed E-state index contributed by atoms with van der Waals surface area (Å²) in [5, 5.41) is 3.25. The van der Waals surface area contributed by atoms with Crippen molar-refractivity contribution in [3.05, 3.63) is 28.5 Å². The Morgan fingerprint density at radius 2 is 1.88 bits per heavy atom. The summed E-state index contributed by atoms with van der Waals surface area (Å²) in [4.78, 5) is 0. The Kier molecular flexibility index (Phi) is 4.84. The zero-order valence-corrected chi connectivity index (χ0v) is 11.6. The second kappa shape index (κ2) is 6.39. The topological polar surface area (TPSA) is 12.0 Å². The van der Waals surface area contributed by atoms with Crippen LogP contribution in [0.25, 0.3) is 0 Å². The van der Waals surface area contributed by atoms with Crippen molar-refractivity contribution >= 4 is 21.6 Å². The maximum atomic E-state index is 13.5. The molecule has 0 unspecified atom stereocenters. The van der Waals surface area contributed by atoms with Crippen LogP contribution >= 0.6 is 15.9 Å². The molecule has 94 valence electrons. The van der Waals surface area contributed by atoms with Crippen LogP contribution in [-0.2, 0) is 0 Å². The number of benzene rings is 1. The van der Waals surface area contributed by atoms with E-state index in [1.807, 2.05) is 6.07 Å². The summed E-state index contributed by atoms with van der Waals surface area (Å²) in [6.07, 6.45) is 7.94.